The minimum atomic E-state index is -3.00. The summed E-state index contributed by atoms with van der Waals surface area (Å²) < 4.78 is 28.8. The Kier molecular flexibility index (Phi) is 5.34. The summed E-state index contributed by atoms with van der Waals surface area (Å²) in [6, 6.07) is 3.78. The first kappa shape index (κ1) is 17.8. The molecule has 128 valence electrons. The Balaban J connectivity index is 2.20. The number of hydrogen-bond donors (Lipinski definition) is 0. The number of aryl methyl sites for hydroxylation is 2. The number of nitrogens with zero attached hydrogens (tertiary/aromatic N) is 1. The molecule has 0 bridgehead atoms. The Bertz CT molecular complexity index is 697. The molecule has 1 aromatic rings. The summed E-state index contributed by atoms with van der Waals surface area (Å²) >= 11 is 0. The highest BCUT2D eigenvalue weighted by Crippen LogP contribution is 2.27. The van der Waals surface area contributed by atoms with Crippen LogP contribution in [0.1, 0.15) is 30.0 Å². The van der Waals surface area contributed by atoms with E-state index in [0.29, 0.717) is 13.0 Å². The first-order valence-corrected chi connectivity index (χ1v) is 9.73. The molecule has 0 aromatic heterocycles. The van der Waals surface area contributed by atoms with Crippen molar-refractivity contribution >= 4 is 15.7 Å². The average molecular weight is 339 g/mol. The zero-order chi connectivity index (χ0) is 17.2. The molecular weight excluding hydrogens is 314 g/mol. The van der Waals surface area contributed by atoms with E-state index < -0.39 is 9.84 Å². The molecule has 1 amide bonds. The summed E-state index contributed by atoms with van der Waals surface area (Å²) in [5.41, 5.74) is 2.94. The molecule has 2 rings (SSSR count). The zero-order valence-corrected chi connectivity index (χ0v) is 15.1. The van der Waals surface area contributed by atoms with Crippen LogP contribution in [0, 0.1) is 13.8 Å². The van der Waals surface area contributed by atoms with Gasteiger partial charge in [-0.25, -0.2) is 8.42 Å². The minimum Gasteiger partial charge on any atom is -0.496 e. The van der Waals surface area contributed by atoms with Gasteiger partial charge >= 0.3 is 0 Å². The molecule has 1 atom stereocenters. The third kappa shape index (κ3) is 4.05. The van der Waals surface area contributed by atoms with E-state index in [1.165, 1.54) is 0 Å². The van der Waals surface area contributed by atoms with Crippen molar-refractivity contribution in [3.8, 4) is 5.75 Å². The normalized spacial score (nSPS) is 19.6. The molecule has 1 fully saturated rings. The summed E-state index contributed by atoms with van der Waals surface area (Å²) in [6.45, 7) is 6.36. The monoisotopic (exact) mass is 339 g/mol. The smallest absolute Gasteiger partial charge is 0.227 e. The number of likely N-dealkylation sites (N-methyl/N-ethyl adjacent to an activating group) is 1. The van der Waals surface area contributed by atoms with Gasteiger partial charge in [0, 0.05) is 18.2 Å². The van der Waals surface area contributed by atoms with Gasteiger partial charge in [-0.3, -0.25) is 4.79 Å². The predicted molar refractivity (Wildman–Crippen MR) is 90.6 cm³/mol. The van der Waals surface area contributed by atoms with E-state index in [2.05, 4.69) is 0 Å². The topological polar surface area (TPSA) is 63.7 Å². The van der Waals surface area contributed by atoms with Crippen LogP contribution >= 0.6 is 0 Å². The van der Waals surface area contributed by atoms with Crippen LogP contribution in [-0.4, -0.2) is 50.4 Å². The summed E-state index contributed by atoms with van der Waals surface area (Å²) in [4.78, 5) is 14.4. The van der Waals surface area contributed by atoms with Crippen LogP contribution in [0.3, 0.4) is 0 Å². The highest BCUT2D eigenvalue weighted by atomic mass is 32.2. The van der Waals surface area contributed by atoms with Crippen molar-refractivity contribution in [3.63, 3.8) is 0 Å². The van der Waals surface area contributed by atoms with Gasteiger partial charge in [0.25, 0.3) is 0 Å². The van der Waals surface area contributed by atoms with E-state index in [9.17, 15) is 13.2 Å². The Morgan fingerprint density at radius 1 is 1.35 bits per heavy atom. The number of sulfone groups is 1. The van der Waals surface area contributed by atoms with Crippen LogP contribution in [0.2, 0.25) is 0 Å². The summed E-state index contributed by atoms with van der Waals surface area (Å²) in [5.74, 6) is 0.946. The minimum absolute atomic E-state index is 0.0436. The number of benzene rings is 1. The van der Waals surface area contributed by atoms with Crippen LogP contribution in [0.25, 0.3) is 0 Å². The molecule has 1 unspecified atom stereocenters. The molecular formula is C17H25NO4S. The number of methoxy groups -OCH3 is 1. The second kappa shape index (κ2) is 6.91. The first-order valence-electron chi connectivity index (χ1n) is 7.91. The SMILES string of the molecule is CCN(C(=O)Cc1cc(C)cc(C)c1OC)C1CCS(=O)(=O)C1. The maximum absolute atomic E-state index is 12.7. The Labute approximate surface area is 138 Å². The molecule has 0 spiro atoms. The van der Waals surface area contributed by atoms with Gasteiger partial charge in [0.2, 0.25) is 5.91 Å². The van der Waals surface area contributed by atoms with Crippen molar-refractivity contribution in [1.29, 1.82) is 0 Å². The lowest BCUT2D eigenvalue weighted by Gasteiger charge is -2.27. The van der Waals surface area contributed by atoms with E-state index >= 15 is 0 Å². The molecule has 0 aliphatic carbocycles. The van der Waals surface area contributed by atoms with Crippen LogP contribution in [0.15, 0.2) is 12.1 Å². The van der Waals surface area contributed by atoms with Crippen LogP contribution in [-0.2, 0) is 21.1 Å². The van der Waals surface area contributed by atoms with Gasteiger partial charge in [0.15, 0.2) is 9.84 Å². The maximum atomic E-state index is 12.7. The lowest BCUT2D eigenvalue weighted by atomic mass is 10.0. The second-order valence-electron chi connectivity index (χ2n) is 6.19. The third-order valence-electron chi connectivity index (χ3n) is 4.35. The lowest BCUT2D eigenvalue weighted by Crippen LogP contribution is -2.41. The first-order chi connectivity index (χ1) is 10.8. The van der Waals surface area contributed by atoms with Gasteiger partial charge in [-0.1, -0.05) is 17.7 Å². The van der Waals surface area contributed by atoms with Crippen molar-refractivity contribution in [2.24, 2.45) is 0 Å². The molecule has 6 heteroatoms. The molecule has 1 aliphatic heterocycles. The number of hydrogen-bond acceptors (Lipinski definition) is 4. The van der Waals surface area contributed by atoms with Crippen molar-refractivity contribution in [2.45, 2.75) is 39.7 Å². The van der Waals surface area contributed by atoms with Gasteiger partial charge in [-0.15, -0.1) is 0 Å². The fourth-order valence-electron chi connectivity index (χ4n) is 3.39. The van der Waals surface area contributed by atoms with Crippen molar-refractivity contribution in [1.82, 2.24) is 4.90 Å². The molecule has 0 radical (unpaired) electrons. The number of carbonyl (C=O) groups is 1. The van der Waals surface area contributed by atoms with E-state index in [1.807, 2.05) is 32.9 Å². The molecule has 23 heavy (non-hydrogen) atoms. The number of amides is 1. The number of carbonyl (C=O) groups excluding carboxylic acids is 1. The van der Waals surface area contributed by atoms with Crippen molar-refractivity contribution < 1.29 is 17.9 Å². The fraction of sp³-hybridized carbons (Fsp3) is 0.588. The largest absolute Gasteiger partial charge is 0.496 e. The van der Waals surface area contributed by atoms with Gasteiger partial charge in [-0.05, 0) is 32.8 Å². The van der Waals surface area contributed by atoms with Gasteiger partial charge in [-0.2, -0.15) is 0 Å². The van der Waals surface area contributed by atoms with E-state index in [1.54, 1.807) is 12.0 Å². The number of ether oxygens (including phenoxy) is 1. The Morgan fingerprint density at radius 2 is 2.04 bits per heavy atom. The molecule has 5 nitrogen and oxygen atoms in total. The quantitative estimate of drug-likeness (QED) is 0.822. The standard InChI is InChI=1S/C17H25NO4S/c1-5-18(15-6-7-23(20,21)11-15)16(19)10-14-9-12(2)8-13(3)17(14)22-4/h8-9,15H,5-7,10-11H2,1-4H3. The zero-order valence-electron chi connectivity index (χ0n) is 14.3. The fourth-order valence-corrected chi connectivity index (χ4v) is 5.12. The molecule has 0 N–H and O–H groups in total. The average Bonchev–Trinajstić information content (AvgIpc) is 2.79. The van der Waals surface area contributed by atoms with Crippen molar-refractivity contribution in [3.05, 3.63) is 28.8 Å². The Hall–Kier alpha value is -1.56. The number of rotatable bonds is 5. The highest BCUT2D eigenvalue weighted by molar-refractivity contribution is 7.91. The van der Waals surface area contributed by atoms with Crippen LogP contribution in [0.4, 0.5) is 0 Å². The lowest BCUT2D eigenvalue weighted by molar-refractivity contribution is -0.132. The van der Waals surface area contributed by atoms with Gasteiger partial charge in [0.1, 0.15) is 5.75 Å². The predicted octanol–water partition coefficient (Wildman–Crippen LogP) is 1.89. The van der Waals surface area contributed by atoms with Crippen LogP contribution in [0.5, 0.6) is 5.75 Å². The molecule has 1 saturated heterocycles. The highest BCUT2D eigenvalue weighted by Gasteiger charge is 2.34. The Morgan fingerprint density at radius 3 is 2.57 bits per heavy atom. The molecule has 1 aromatic carbocycles. The van der Waals surface area contributed by atoms with Gasteiger partial charge in [0.05, 0.1) is 25.0 Å². The molecule has 1 aliphatic rings. The van der Waals surface area contributed by atoms with Crippen molar-refractivity contribution in [2.75, 3.05) is 25.2 Å². The van der Waals surface area contributed by atoms with E-state index in [4.69, 9.17) is 4.74 Å². The second-order valence-corrected chi connectivity index (χ2v) is 8.42. The molecule has 0 saturated carbocycles. The summed E-state index contributed by atoms with van der Waals surface area (Å²) in [5, 5.41) is 0. The van der Waals surface area contributed by atoms with E-state index in [-0.39, 0.29) is 29.9 Å². The van der Waals surface area contributed by atoms with E-state index in [0.717, 1.165) is 22.4 Å². The third-order valence-corrected chi connectivity index (χ3v) is 6.10. The summed E-state index contributed by atoms with van der Waals surface area (Å²) in [7, 11) is -1.40. The summed E-state index contributed by atoms with van der Waals surface area (Å²) in [6.07, 6.45) is 0.766. The molecule has 1 heterocycles. The van der Waals surface area contributed by atoms with Gasteiger partial charge < -0.3 is 9.64 Å². The van der Waals surface area contributed by atoms with Crippen LogP contribution < -0.4 is 4.74 Å². The maximum Gasteiger partial charge on any atom is 0.227 e.